The molecule has 0 aliphatic rings. The molecule has 0 spiro atoms. The maximum absolute atomic E-state index is 13.1. The highest BCUT2D eigenvalue weighted by Crippen LogP contribution is 2.24. The summed E-state index contributed by atoms with van der Waals surface area (Å²) in [6.07, 6.45) is -1.12. The maximum atomic E-state index is 13.1. The summed E-state index contributed by atoms with van der Waals surface area (Å²) in [7, 11) is -2.67. The normalized spacial score (nSPS) is 14.3. The Hall–Kier alpha value is -1.22. The van der Waals surface area contributed by atoms with Gasteiger partial charge in [-0.1, -0.05) is 34.5 Å². The van der Waals surface area contributed by atoms with Crippen molar-refractivity contribution in [1.29, 1.82) is 0 Å². The molecule has 0 saturated carbocycles. The van der Waals surface area contributed by atoms with Gasteiger partial charge in [0.05, 0.1) is 6.61 Å². The summed E-state index contributed by atoms with van der Waals surface area (Å²) in [5.74, 6) is 0. The van der Waals surface area contributed by atoms with Crippen LogP contribution in [0.15, 0.2) is 30.3 Å². The van der Waals surface area contributed by atoms with Crippen LogP contribution in [0.25, 0.3) is 0 Å². The maximum Gasteiger partial charge on any atom is 0.396 e. The molecule has 0 aromatic heterocycles. The summed E-state index contributed by atoms with van der Waals surface area (Å²) >= 11 is 0. The summed E-state index contributed by atoms with van der Waals surface area (Å²) in [6, 6.07) is 8.22. The van der Waals surface area contributed by atoms with Crippen molar-refractivity contribution in [3.8, 4) is 0 Å². The molecule has 19 heavy (non-hydrogen) atoms. The minimum atomic E-state index is -5.11. The molecular formula is C11H13F2O5S+. The van der Waals surface area contributed by atoms with Crippen LogP contribution in [0.2, 0.25) is 0 Å². The number of benzene rings is 1. The summed E-state index contributed by atoms with van der Waals surface area (Å²) in [5.41, 5.74) is 0.474. The number of hydrogen-bond acceptors (Lipinski definition) is 5. The lowest BCUT2D eigenvalue weighted by Crippen LogP contribution is -2.35. The van der Waals surface area contributed by atoms with Crippen LogP contribution in [0.3, 0.4) is 0 Å². The fourth-order valence-corrected chi connectivity index (χ4v) is 1.62. The zero-order chi connectivity index (χ0) is 14.5. The molecule has 0 radical (unpaired) electrons. The standard InChI is InChI=1S/C11H13F2O5S/c1-17-19(15,16)11(12,13)8-18-7-10(14)9-5-3-2-4-6-9/h2-6,10,14H,1,7-8H2/q+1. The third kappa shape index (κ3) is 4.13. The summed E-state index contributed by atoms with van der Waals surface area (Å²) < 4.78 is 55.8. The molecule has 0 aliphatic carbocycles. The van der Waals surface area contributed by atoms with Gasteiger partial charge in [0.2, 0.25) is 7.11 Å². The predicted octanol–water partition coefficient (Wildman–Crippen LogP) is 1.47. The van der Waals surface area contributed by atoms with E-state index in [1.54, 1.807) is 30.3 Å². The van der Waals surface area contributed by atoms with Crippen molar-refractivity contribution in [2.75, 3.05) is 13.2 Å². The SMILES string of the molecule is [CH2+]OS(=O)(=O)C(F)(F)COCC(O)c1ccccc1. The Morgan fingerprint density at radius 1 is 1.32 bits per heavy atom. The molecule has 1 rings (SSSR count). The summed E-state index contributed by atoms with van der Waals surface area (Å²) in [5, 5.41) is 5.40. The van der Waals surface area contributed by atoms with Gasteiger partial charge >= 0.3 is 15.4 Å². The molecule has 0 amide bonds. The second-order valence-corrected chi connectivity index (χ2v) is 5.39. The highest BCUT2D eigenvalue weighted by atomic mass is 32.2. The average molecular weight is 295 g/mol. The van der Waals surface area contributed by atoms with Gasteiger partial charge < -0.3 is 9.84 Å². The number of hydrogen-bond donors (Lipinski definition) is 1. The van der Waals surface area contributed by atoms with E-state index in [4.69, 9.17) is 0 Å². The first-order chi connectivity index (χ1) is 8.80. The number of halogens is 2. The van der Waals surface area contributed by atoms with Gasteiger partial charge in [-0.05, 0) is 5.56 Å². The second kappa shape index (κ2) is 6.29. The largest absolute Gasteiger partial charge is 0.396 e. The number of rotatable bonds is 7. The third-order valence-electron chi connectivity index (χ3n) is 2.25. The smallest absolute Gasteiger partial charge is 0.386 e. The molecule has 1 unspecified atom stereocenters. The number of aliphatic hydroxyl groups excluding tert-OH is 1. The highest BCUT2D eigenvalue weighted by Gasteiger charge is 2.48. The molecule has 1 aromatic carbocycles. The number of ether oxygens (including phenoxy) is 1. The van der Waals surface area contributed by atoms with E-state index in [9.17, 15) is 22.3 Å². The fourth-order valence-electron chi connectivity index (χ4n) is 1.22. The molecule has 0 fully saturated rings. The van der Waals surface area contributed by atoms with E-state index in [2.05, 4.69) is 16.0 Å². The highest BCUT2D eigenvalue weighted by molar-refractivity contribution is 7.87. The van der Waals surface area contributed by atoms with Crippen molar-refractivity contribution in [2.45, 2.75) is 11.4 Å². The van der Waals surface area contributed by atoms with Crippen molar-refractivity contribution < 1.29 is 31.2 Å². The number of alkyl halides is 2. The van der Waals surface area contributed by atoms with Crippen molar-refractivity contribution in [1.82, 2.24) is 0 Å². The molecule has 0 aliphatic heterocycles. The van der Waals surface area contributed by atoms with E-state index < -0.39 is 34.7 Å². The molecule has 1 N–H and O–H groups in total. The van der Waals surface area contributed by atoms with E-state index in [-0.39, 0.29) is 0 Å². The van der Waals surface area contributed by atoms with Crippen LogP contribution in [-0.2, 0) is 19.0 Å². The molecule has 5 nitrogen and oxygen atoms in total. The minimum absolute atomic E-state index is 0.466. The number of aliphatic hydroxyl groups is 1. The van der Waals surface area contributed by atoms with Crippen LogP contribution < -0.4 is 0 Å². The van der Waals surface area contributed by atoms with Crippen LogP contribution in [-0.4, -0.2) is 32.0 Å². The van der Waals surface area contributed by atoms with Crippen molar-refractivity contribution in [3.63, 3.8) is 0 Å². The molecule has 0 saturated heterocycles. The molecule has 1 atom stereocenters. The van der Waals surface area contributed by atoms with Crippen LogP contribution in [0.5, 0.6) is 0 Å². The van der Waals surface area contributed by atoms with Gasteiger partial charge in [0.1, 0.15) is 12.7 Å². The molecular weight excluding hydrogens is 282 g/mol. The molecule has 106 valence electrons. The van der Waals surface area contributed by atoms with Crippen molar-refractivity contribution >= 4 is 10.1 Å². The van der Waals surface area contributed by atoms with Gasteiger partial charge in [0, 0.05) is 0 Å². The Morgan fingerprint density at radius 3 is 2.42 bits per heavy atom. The fraction of sp³-hybridized carbons (Fsp3) is 0.364. The Morgan fingerprint density at radius 2 is 1.89 bits per heavy atom. The van der Waals surface area contributed by atoms with Crippen LogP contribution in [0.4, 0.5) is 8.78 Å². The monoisotopic (exact) mass is 295 g/mol. The Labute approximate surface area is 109 Å². The molecule has 1 aromatic rings. The van der Waals surface area contributed by atoms with E-state index in [1.807, 2.05) is 0 Å². The molecule has 8 heteroatoms. The zero-order valence-electron chi connectivity index (χ0n) is 9.83. The first-order valence-electron chi connectivity index (χ1n) is 5.17. The minimum Gasteiger partial charge on any atom is -0.386 e. The van der Waals surface area contributed by atoms with Gasteiger partial charge in [0.15, 0.2) is 0 Å². The van der Waals surface area contributed by atoms with Gasteiger partial charge in [-0.25, -0.2) is 0 Å². The lowest BCUT2D eigenvalue weighted by Gasteiger charge is -2.15. The van der Waals surface area contributed by atoms with Gasteiger partial charge in [-0.3, -0.25) is 0 Å². The van der Waals surface area contributed by atoms with Crippen molar-refractivity contribution in [2.24, 2.45) is 0 Å². The van der Waals surface area contributed by atoms with Crippen molar-refractivity contribution in [3.05, 3.63) is 43.0 Å². The third-order valence-corrected chi connectivity index (χ3v) is 3.41. The molecule has 0 bridgehead atoms. The first-order valence-corrected chi connectivity index (χ1v) is 6.58. The lowest BCUT2D eigenvalue weighted by molar-refractivity contribution is -0.0466. The van der Waals surface area contributed by atoms with Crippen LogP contribution in [0.1, 0.15) is 11.7 Å². The molecule has 0 heterocycles. The van der Waals surface area contributed by atoms with E-state index in [1.165, 1.54) is 0 Å². The quantitative estimate of drug-likeness (QED) is 0.609. The summed E-state index contributed by atoms with van der Waals surface area (Å²) in [6.45, 7) is -1.89. The van der Waals surface area contributed by atoms with Gasteiger partial charge in [-0.15, -0.1) is 0 Å². The van der Waals surface area contributed by atoms with Gasteiger partial charge in [-0.2, -0.15) is 17.2 Å². The first kappa shape index (κ1) is 15.8. The van der Waals surface area contributed by atoms with Crippen LogP contribution >= 0.6 is 0 Å². The average Bonchev–Trinajstić information content (AvgIpc) is 2.39. The van der Waals surface area contributed by atoms with E-state index in [0.717, 1.165) is 0 Å². The van der Waals surface area contributed by atoms with E-state index >= 15 is 0 Å². The predicted molar refractivity (Wildman–Crippen MR) is 62.5 cm³/mol. The summed E-state index contributed by atoms with van der Waals surface area (Å²) in [4.78, 5) is 0. The Bertz CT molecular complexity index is 489. The van der Waals surface area contributed by atoms with Crippen LogP contribution in [0, 0.1) is 7.11 Å². The second-order valence-electron chi connectivity index (χ2n) is 3.65. The van der Waals surface area contributed by atoms with Gasteiger partial charge in [0.25, 0.3) is 0 Å². The zero-order valence-corrected chi connectivity index (χ0v) is 10.6. The lowest BCUT2D eigenvalue weighted by atomic mass is 10.1. The Kier molecular flexibility index (Phi) is 5.24. The Balaban J connectivity index is 2.51. The topological polar surface area (TPSA) is 72.8 Å². The van der Waals surface area contributed by atoms with E-state index in [0.29, 0.717) is 5.56 Å².